The first-order chi connectivity index (χ1) is 11.5. The average molecular weight is 330 g/mol. The van der Waals surface area contributed by atoms with Gasteiger partial charge in [0, 0.05) is 31.3 Å². The lowest BCUT2D eigenvalue weighted by Crippen LogP contribution is -2.67. The third kappa shape index (κ3) is 3.20. The molecule has 0 unspecified atom stereocenters. The van der Waals surface area contributed by atoms with Crippen LogP contribution in [0, 0.1) is 18.8 Å². The van der Waals surface area contributed by atoms with Crippen molar-refractivity contribution in [3.63, 3.8) is 0 Å². The van der Waals surface area contributed by atoms with Crippen molar-refractivity contribution in [2.24, 2.45) is 11.8 Å². The maximum absolute atomic E-state index is 12.3. The summed E-state index contributed by atoms with van der Waals surface area (Å²) in [6.45, 7) is 6.98. The fourth-order valence-electron chi connectivity index (χ4n) is 3.96. The van der Waals surface area contributed by atoms with E-state index in [1.807, 2.05) is 24.2 Å². The zero-order valence-electron chi connectivity index (χ0n) is 14.5. The molecule has 1 aliphatic carbocycles. The van der Waals surface area contributed by atoms with Crippen LogP contribution in [-0.2, 0) is 20.9 Å². The van der Waals surface area contributed by atoms with Gasteiger partial charge in [-0.1, -0.05) is 13.0 Å². The van der Waals surface area contributed by atoms with Gasteiger partial charge in [-0.05, 0) is 36.8 Å². The molecule has 0 bridgehead atoms. The van der Waals surface area contributed by atoms with Crippen LogP contribution in [0.3, 0.4) is 0 Å². The number of nitrogens with zero attached hydrogens (tertiary/aromatic N) is 2. The zero-order valence-corrected chi connectivity index (χ0v) is 14.5. The molecule has 2 aliphatic heterocycles. The SMILES string of the molecule is Cc1cncc(CO[C@@H]2CCOC3(C2)CN(C(=O)[C@@H]2C[C@@H]2C)C3)c1. The van der Waals surface area contributed by atoms with Crippen molar-refractivity contribution in [3.05, 3.63) is 29.6 Å². The summed E-state index contributed by atoms with van der Waals surface area (Å²) in [5.74, 6) is 1.16. The molecule has 5 heteroatoms. The van der Waals surface area contributed by atoms with Crippen LogP contribution in [0.4, 0.5) is 0 Å². The van der Waals surface area contributed by atoms with Gasteiger partial charge in [0.1, 0.15) is 5.60 Å². The first-order valence-corrected chi connectivity index (χ1v) is 9.00. The number of hydrogen-bond donors (Lipinski definition) is 0. The monoisotopic (exact) mass is 330 g/mol. The summed E-state index contributed by atoms with van der Waals surface area (Å²) in [7, 11) is 0. The van der Waals surface area contributed by atoms with Gasteiger partial charge in [0.25, 0.3) is 0 Å². The Labute approximate surface area is 143 Å². The normalized spacial score (nSPS) is 30.9. The predicted octanol–water partition coefficient (Wildman–Crippen LogP) is 2.32. The van der Waals surface area contributed by atoms with Gasteiger partial charge in [-0.25, -0.2) is 0 Å². The second-order valence-corrected chi connectivity index (χ2v) is 7.84. The van der Waals surface area contributed by atoms with Crippen LogP contribution in [0.5, 0.6) is 0 Å². The molecule has 0 aromatic carbocycles. The van der Waals surface area contributed by atoms with Gasteiger partial charge in [-0.2, -0.15) is 0 Å². The minimum absolute atomic E-state index is 0.165. The van der Waals surface area contributed by atoms with E-state index in [0.29, 0.717) is 18.4 Å². The molecular formula is C19H26N2O3. The van der Waals surface area contributed by atoms with E-state index in [4.69, 9.17) is 9.47 Å². The Bertz CT molecular complexity index is 627. The lowest BCUT2D eigenvalue weighted by molar-refractivity contribution is -0.203. The minimum Gasteiger partial charge on any atom is -0.373 e. The highest BCUT2D eigenvalue weighted by Crippen LogP contribution is 2.43. The van der Waals surface area contributed by atoms with E-state index >= 15 is 0 Å². The van der Waals surface area contributed by atoms with E-state index in [1.54, 1.807) is 0 Å². The summed E-state index contributed by atoms with van der Waals surface area (Å²) in [4.78, 5) is 18.5. The summed E-state index contributed by atoms with van der Waals surface area (Å²) in [6, 6.07) is 2.11. The van der Waals surface area contributed by atoms with Gasteiger partial charge in [0.15, 0.2) is 0 Å². The first kappa shape index (κ1) is 16.0. The molecule has 1 saturated carbocycles. The van der Waals surface area contributed by atoms with Gasteiger partial charge in [0.2, 0.25) is 5.91 Å². The van der Waals surface area contributed by atoms with E-state index in [2.05, 4.69) is 18.0 Å². The smallest absolute Gasteiger partial charge is 0.226 e. The van der Waals surface area contributed by atoms with Crippen molar-refractivity contribution in [2.75, 3.05) is 19.7 Å². The molecule has 3 aliphatic rings. The molecule has 1 spiro atoms. The van der Waals surface area contributed by atoms with Crippen molar-refractivity contribution in [1.29, 1.82) is 0 Å². The van der Waals surface area contributed by atoms with Crippen molar-refractivity contribution in [3.8, 4) is 0 Å². The van der Waals surface area contributed by atoms with Crippen molar-refractivity contribution >= 4 is 5.91 Å². The number of carbonyl (C=O) groups is 1. The van der Waals surface area contributed by atoms with Gasteiger partial charge >= 0.3 is 0 Å². The zero-order chi connectivity index (χ0) is 16.7. The van der Waals surface area contributed by atoms with E-state index in [9.17, 15) is 4.79 Å². The lowest BCUT2D eigenvalue weighted by Gasteiger charge is -2.53. The maximum atomic E-state index is 12.3. The number of aromatic nitrogens is 1. The Hall–Kier alpha value is -1.46. The average Bonchev–Trinajstić information content (AvgIpc) is 3.27. The highest BCUT2D eigenvalue weighted by Gasteiger charge is 2.53. The molecule has 3 heterocycles. The summed E-state index contributed by atoms with van der Waals surface area (Å²) in [6.07, 6.45) is 6.79. The number of likely N-dealkylation sites (tertiary alicyclic amines) is 1. The predicted molar refractivity (Wildman–Crippen MR) is 89.3 cm³/mol. The van der Waals surface area contributed by atoms with Crippen LogP contribution in [0.1, 0.15) is 37.3 Å². The first-order valence-electron chi connectivity index (χ1n) is 9.00. The van der Waals surface area contributed by atoms with Gasteiger partial charge in [0.05, 0.1) is 25.8 Å². The molecule has 130 valence electrons. The fraction of sp³-hybridized carbons (Fsp3) is 0.684. The Morgan fingerprint density at radius 3 is 2.96 bits per heavy atom. The molecule has 3 fully saturated rings. The number of ether oxygens (including phenoxy) is 2. The van der Waals surface area contributed by atoms with Gasteiger partial charge in [-0.3, -0.25) is 9.78 Å². The molecule has 2 saturated heterocycles. The maximum Gasteiger partial charge on any atom is 0.226 e. The number of rotatable bonds is 4. The summed E-state index contributed by atoms with van der Waals surface area (Å²) in [5, 5.41) is 0. The molecule has 1 aromatic rings. The summed E-state index contributed by atoms with van der Waals surface area (Å²) in [5.41, 5.74) is 2.10. The quantitative estimate of drug-likeness (QED) is 0.850. The Morgan fingerprint density at radius 1 is 1.46 bits per heavy atom. The van der Waals surface area contributed by atoms with E-state index in [0.717, 1.165) is 50.1 Å². The number of amides is 1. The largest absolute Gasteiger partial charge is 0.373 e. The molecule has 5 nitrogen and oxygen atoms in total. The fourth-order valence-corrected chi connectivity index (χ4v) is 3.96. The number of carbonyl (C=O) groups excluding carboxylic acids is 1. The van der Waals surface area contributed by atoms with Crippen molar-refractivity contribution in [1.82, 2.24) is 9.88 Å². The molecule has 0 radical (unpaired) electrons. The molecule has 4 rings (SSSR count). The van der Waals surface area contributed by atoms with Crippen LogP contribution in [0.25, 0.3) is 0 Å². The van der Waals surface area contributed by atoms with Crippen LogP contribution < -0.4 is 0 Å². The number of pyridine rings is 1. The van der Waals surface area contributed by atoms with E-state index < -0.39 is 0 Å². The molecule has 1 aromatic heterocycles. The topological polar surface area (TPSA) is 51.7 Å². The van der Waals surface area contributed by atoms with Crippen LogP contribution in [0.2, 0.25) is 0 Å². The number of aryl methyl sites for hydroxylation is 1. The van der Waals surface area contributed by atoms with E-state index in [1.165, 1.54) is 0 Å². The Morgan fingerprint density at radius 2 is 2.25 bits per heavy atom. The lowest BCUT2D eigenvalue weighted by atomic mass is 9.84. The van der Waals surface area contributed by atoms with Crippen LogP contribution in [0.15, 0.2) is 18.5 Å². The Balaban J connectivity index is 1.28. The second-order valence-electron chi connectivity index (χ2n) is 7.84. The van der Waals surface area contributed by atoms with Gasteiger partial charge in [-0.15, -0.1) is 0 Å². The minimum atomic E-state index is -0.165. The van der Waals surface area contributed by atoms with E-state index in [-0.39, 0.29) is 17.6 Å². The van der Waals surface area contributed by atoms with Crippen LogP contribution in [-0.4, -0.2) is 47.2 Å². The highest BCUT2D eigenvalue weighted by atomic mass is 16.5. The third-order valence-electron chi connectivity index (χ3n) is 5.56. The van der Waals surface area contributed by atoms with Gasteiger partial charge < -0.3 is 14.4 Å². The second kappa shape index (κ2) is 6.12. The number of hydrogen-bond acceptors (Lipinski definition) is 4. The molecule has 0 N–H and O–H groups in total. The van der Waals surface area contributed by atoms with Crippen LogP contribution >= 0.6 is 0 Å². The standard InChI is InChI=1S/C19H26N2O3/c1-13-5-15(9-20-8-13)10-23-16-3-4-24-19(7-16)11-21(12-19)18(22)17-6-14(17)2/h5,8-9,14,16-17H,3-4,6-7,10-12H2,1-2H3/t14-,16+,17+/m0/s1. The summed E-state index contributed by atoms with van der Waals surface area (Å²) >= 11 is 0. The summed E-state index contributed by atoms with van der Waals surface area (Å²) < 4.78 is 12.1. The van der Waals surface area contributed by atoms with Crippen molar-refractivity contribution < 1.29 is 14.3 Å². The molecule has 1 amide bonds. The molecule has 24 heavy (non-hydrogen) atoms. The molecular weight excluding hydrogens is 304 g/mol. The molecule has 3 atom stereocenters. The Kier molecular flexibility index (Phi) is 4.09. The third-order valence-corrected chi connectivity index (χ3v) is 5.56. The highest BCUT2D eigenvalue weighted by molar-refractivity contribution is 5.82. The van der Waals surface area contributed by atoms with Crippen molar-refractivity contribution in [2.45, 2.75) is 51.4 Å².